The third kappa shape index (κ3) is 4.25. The second kappa shape index (κ2) is 8.50. The highest BCUT2D eigenvalue weighted by molar-refractivity contribution is 7.98. The fourth-order valence-electron chi connectivity index (χ4n) is 3.16. The van der Waals surface area contributed by atoms with Crippen LogP contribution in [0.1, 0.15) is 23.5 Å². The smallest absolute Gasteiger partial charge is 0.257 e. The number of fused-ring (bicyclic) bond motifs is 1. The molecule has 3 N–H and O–H groups in total. The second-order valence-corrected chi connectivity index (χ2v) is 7.64. The van der Waals surface area contributed by atoms with Gasteiger partial charge < -0.3 is 15.6 Å². The van der Waals surface area contributed by atoms with Crippen molar-refractivity contribution >= 4 is 35.1 Å². The summed E-state index contributed by atoms with van der Waals surface area (Å²) in [6, 6.07) is 15.1. The van der Waals surface area contributed by atoms with Crippen molar-refractivity contribution in [3.05, 3.63) is 81.9 Å². The maximum absolute atomic E-state index is 13.8. The molecule has 0 saturated heterocycles. The number of thioether (sulfide) groups is 1. The number of benzene rings is 2. The van der Waals surface area contributed by atoms with Crippen molar-refractivity contribution in [2.75, 3.05) is 10.6 Å². The van der Waals surface area contributed by atoms with Crippen LogP contribution in [0.5, 0.6) is 0 Å². The molecule has 30 heavy (non-hydrogen) atoms. The van der Waals surface area contributed by atoms with E-state index in [1.165, 1.54) is 6.07 Å². The number of amides is 2. The molecular weight excluding hydrogens is 407 g/mol. The highest BCUT2D eigenvalue weighted by Gasteiger charge is 2.34. The normalized spacial score (nSPS) is 15.2. The number of para-hydroxylation sites is 1. The number of H-pyrrole nitrogens is 1. The number of aromatic amines is 1. The van der Waals surface area contributed by atoms with Gasteiger partial charge in [-0.15, -0.1) is 0 Å². The number of nitrogens with one attached hydrogen (secondary N) is 3. The van der Waals surface area contributed by atoms with Gasteiger partial charge in [-0.3, -0.25) is 14.4 Å². The summed E-state index contributed by atoms with van der Waals surface area (Å²) in [5.41, 5.74) is 0.631. The van der Waals surface area contributed by atoms with Gasteiger partial charge in [0.15, 0.2) is 5.16 Å². The second-order valence-electron chi connectivity index (χ2n) is 6.67. The lowest BCUT2D eigenvalue weighted by Crippen LogP contribution is -2.36. The molecule has 0 spiro atoms. The van der Waals surface area contributed by atoms with Crippen LogP contribution in [0.2, 0.25) is 0 Å². The fourth-order valence-corrected chi connectivity index (χ4v) is 4.00. The standard InChI is InChI=1S/C21H17FN4O3S/c22-15-9-5-4-6-12(15)11-30-21-25-18-17(20(29)26-21)14(10-16(27)24-18)19(28)23-13-7-2-1-3-8-13/h1-9,14H,10-11H2,(H,23,28)(H2,24,25,26,27,29)/t14-/m1/s1. The van der Waals surface area contributed by atoms with Gasteiger partial charge in [0.25, 0.3) is 5.56 Å². The molecule has 1 aliphatic heterocycles. The Morgan fingerprint density at radius 3 is 2.63 bits per heavy atom. The lowest BCUT2D eigenvalue weighted by molar-refractivity contribution is -0.123. The summed E-state index contributed by atoms with van der Waals surface area (Å²) in [6.45, 7) is 0. The van der Waals surface area contributed by atoms with Crippen molar-refractivity contribution in [1.29, 1.82) is 0 Å². The number of carbonyl (C=O) groups excluding carboxylic acids is 2. The van der Waals surface area contributed by atoms with Crippen LogP contribution in [0, 0.1) is 5.82 Å². The molecule has 2 heterocycles. The average molecular weight is 424 g/mol. The van der Waals surface area contributed by atoms with E-state index in [9.17, 15) is 18.8 Å². The summed E-state index contributed by atoms with van der Waals surface area (Å²) in [5, 5.41) is 5.51. The van der Waals surface area contributed by atoms with Crippen molar-refractivity contribution < 1.29 is 14.0 Å². The molecular formula is C21H17FN4O3S. The predicted molar refractivity (Wildman–Crippen MR) is 112 cm³/mol. The van der Waals surface area contributed by atoms with Crippen LogP contribution in [0.3, 0.4) is 0 Å². The van der Waals surface area contributed by atoms with E-state index in [0.717, 1.165) is 11.8 Å². The Labute approximate surface area is 175 Å². The Morgan fingerprint density at radius 2 is 1.87 bits per heavy atom. The zero-order valence-electron chi connectivity index (χ0n) is 15.6. The average Bonchev–Trinajstić information content (AvgIpc) is 2.73. The largest absolute Gasteiger partial charge is 0.326 e. The lowest BCUT2D eigenvalue weighted by atomic mass is 9.92. The SMILES string of the molecule is O=C1C[C@@H](C(=O)Nc2ccccc2)c2c(nc(SCc3ccccc3F)[nH]c2=O)N1. The number of hydrogen-bond donors (Lipinski definition) is 3. The maximum Gasteiger partial charge on any atom is 0.257 e. The van der Waals surface area contributed by atoms with E-state index in [-0.39, 0.29) is 34.5 Å². The maximum atomic E-state index is 13.8. The van der Waals surface area contributed by atoms with Gasteiger partial charge >= 0.3 is 0 Å². The first-order valence-electron chi connectivity index (χ1n) is 9.17. The molecule has 0 fully saturated rings. The molecule has 7 nitrogen and oxygen atoms in total. The van der Waals surface area contributed by atoms with Crippen LogP contribution in [0.15, 0.2) is 64.5 Å². The van der Waals surface area contributed by atoms with Gasteiger partial charge in [-0.2, -0.15) is 0 Å². The first kappa shape index (κ1) is 19.8. The van der Waals surface area contributed by atoms with Gasteiger partial charge in [0, 0.05) is 17.9 Å². The van der Waals surface area contributed by atoms with Crippen LogP contribution < -0.4 is 16.2 Å². The first-order chi connectivity index (χ1) is 14.5. The summed E-state index contributed by atoms with van der Waals surface area (Å²) in [5.74, 6) is -1.87. The summed E-state index contributed by atoms with van der Waals surface area (Å²) < 4.78 is 13.8. The summed E-state index contributed by atoms with van der Waals surface area (Å²) in [4.78, 5) is 44.5. The van der Waals surface area contributed by atoms with Gasteiger partial charge in [-0.25, -0.2) is 9.37 Å². The van der Waals surface area contributed by atoms with E-state index < -0.39 is 23.3 Å². The molecule has 3 aromatic rings. The lowest BCUT2D eigenvalue weighted by Gasteiger charge is -2.23. The highest BCUT2D eigenvalue weighted by atomic mass is 32.2. The molecule has 2 aromatic carbocycles. The van der Waals surface area contributed by atoms with Crippen molar-refractivity contribution in [3.8, 4) is 0 Å². The molecule has 1 aliphatic rings. The molecule has 0 unspecified atom stereocenters. The van der Waals surface area contributed by atoms with Crippen LogP contribution >= 0.6 is 11.8 Å². The number of rotatable bonds is 5. The third-order valence-electron chi connectivity index (χ3n) is 4.61. The Balaban J connectivity index is 1.59. The Hall–Kier alpha value is -3.46. The quantitative estimate of drug-likeness (QED) is 0.431. The number of nitrogens with zero attached hydrogens (tertiary/aromatic N) is 1. The van der Waals surface area contributed by atoms with Gasteiger partial charge in [0.2, 0.25) is 11.8 Å². The molecule has 0 radical (unpaired) electrons. The topological polar surface area (TPSA) is 104 Å². The van der Waals surface area contributed by atoms with E-state index in [4.69, 9.17) is 0 Å². The van der Waals surface area contributed by atoms with E-state index >= 15 is 0 Å². The van der Waals surface area contributed by atoms with Crippen LogP contribution in [0.4, 0.5) is 15.9 Å². The summed E-state index contributed by atoms with van der Waals surface area (Å²) in [6.07, 6.45) is -0.155. The number of hydrogen-bond acceptors (Lipinski definition) is 5. The third-order valence-corrected chi connectivity index (χ3v) is 5.53. The van der Waals surface area contributed by atoms with Crippen LogP contribution in [-0.2, 0) is 15.3 Å². The molecule has 1 atom stereocenters. The zero-order chi connectivity index (χ0) is 21.1. The van der Waals surface area contributed by atoms with E-state index in [0.29, 0.717) is 11.3 Å². The van der Waals surface area contributed by atoms with Crippen molar-refractivity contribution in [3.63, 3.8) is 0 Å². The molecule has 0 bridgehead atoms. The minimum atomic E-state index is -0.962. The minimum absolute atomic E-state index is 0.0549. The molecule has 1 aromatic heterocycles. The fraction of sp³-hybridized carbons (Fsp3) is 0.143. The van der Waals surface area contributed by atoms with Crippen molar-refractivity contribution in [2.24, 2.45) is 0 Å². The number of carbonyl (C=O) groups is 2. The van der Waals surface area contributed by atoms with Crippen LogP contribution in [-0.4, -0.2) is 21.8 Å². The number of aromatic nitrogens is 2. The highest BCUT2D eigenvalue weighted by Crippen LogP contribution is 2.31. The molecule has 9 heteroatoms. The van der Waals surface area contributed by atoms with Gasteiger partial charge in [0.1, 0.15) is 11.6 Å². The Bertz CT molecular complexity index is 1170. The van der Waals surface area contributed by atoms with Gasteiger partial charge in [-0.05, 0) is 23.8 Å². The monoisotopic (exact) mass is 424 g/mol. The molecule has 2 amide bonds. The number of anilines is 2. The van der Waals surface area contributed by atoms with Crippen molar-refractivity contribution in [2.45, 2.75) is 23.2 Å². The summed E-state index contributed by atoms with van der Waals surface area (Å²) >= 11 is 1.13. The predicted octanol–water partition coefficient (Wildman–Crippen LogP) is 3.27. The van der Waals surface area contributed by atoms with E-state index in [1.807, 2.05) is 6.07 Å². The van der Waals surface area contributed by atoms with Gasteiger partial charge in [-0.1, -0.05) is 48.2 Å². The molecule has 152 valence electrons. The first-order valence-corrected chi connectivity index (χ1v) is 10.2. The Morgan fingerprint density at radius 1 is 1.13 bits per heavy atom. The molecule has 4 rings (SSSR count). The van der Waals surface area contributed by atoms with Gasteiger partial charge in [0.05, 0.1) is 11.5 Å². The van der Waals surface area contributed by atoms with E-state index in [1.54, 1.807) is 42.5 Å². The molecule has 0 saturated carbocycles. The molecule has 0 aliphatic carbocycles. The Kier molecular flexibility index (Phi) is 5.62. The van der Waals surface area contributed by atoms with Crippen molar-refractivity contribution in [1.82, 2.24) is 9.97 Å². The minimum Gasteiger partial charge on any atom is -0.326 e. The zero-order valence-corrected chi connectivity index (χ0v) is 16.5. The van der Waals surface area contributed by atoms with Crippen LogP contribution in [0.25, 0.3) is 0 Å². The summed E-state index contributed by atoms with van der Waals surface area (Å²) in [7, 11) is 0. The number of halogens is 1. The van der Waals surface area contributed by atoms with E-state index in [2.05, 4.69) is 20.6 Å².